The summed E-state index contributed by atoms with van der Waals surface area (Å²) in [5.41, 5.74) is -0.321. The lowest BCUT2D eigenvalue weighted by molar-refractivity contribution is -0.141. The number of halogens is 4. The fourth-order valence-corrected chi connectivity index (χ4v) is 2.23. The summed E-state index contributed by atoms with van der Waals surface area (Å²) in [6.45, 7) is 0.675. The van der Waals surface area contributed by atoms with Crippen molar-refractivity contribution in [3.63, 3.8) is 0 Å². The molecule has 0 amide bonds. The van der Waals surface area contributed by atoms with Crippen LogP contribution in [0.25, 0.3) is 0 Å². The molecule has 1 aromatic carbocycles. The van der Waals surface area contributed by atoms with E-state index in [1.165, 1.54) is 6.07 Å². The number of benzene rings is 1. The Bertz CT molecular complexity index is 465. The molecule has 2 rings (SSSR count). The van der Waals surface area contributed by atoms with Crippen molar-refractivity contribution in [1.82, 2.24) is 5.32 Å². The normalized spacial score (nSPS) is 22.9. The molecule has 0 unspecified atom stereocenters. The van der Waals surface area contributed by atoms with Gasteiger partial charge in [0.2, 0.25) is 0 Å². The Morgan fingerprint density at radius 2 is 2.00 bits per heavy atom. The first kappa shape index (κ1) is 15.8. The van der Waals surface area contributed by atoms with Gasteiger partial charge in [0.1, 0.15) is 0 Å². The highest BCUT2D eigenvalue weighted by molar-refractivity contribution is 5.85. The Balaban J connectivity index is 0.00000180. The molecule has 7 heteroatoms. The smallest absolute Gasteiger partial charge is 0.416 e. The summed E-state index contributed by atoms with van der Waals surface area (Å²) in [7, 11) is 0. The second-order valence-electron chi connectivity index (χ2n) is 4.33. The van der Waals surface area contributed by atoms with Crippen molar-refractivity contribution in [3.05, 3.63) is 35.4 Å². The minimum atomic E-state index is -4.40. The molecule has 1 aliphatic heterocycles. The molecule has 0 bridgehead atoms. The molecule has 2 N–H and O–H groups in total. The van der Waals surface area contributed by atoms with Crippen LogP contribution in [0.2, 0.25) is 0 Å². The zero-order chi connectivity index (χ0) is 13.3. The van der Waals surface area contributed by atoms with E-state index in [0.717, 1.165) is 12.1 Å². The van der Waals surface area contributed by atoms with E-state index in [-0.39, 0.29) is 19.0 Å². The summed E-state index contributed by atoms with van der Waals surface area (Å²) in [6.07, 6.45) is -4.40. The lowest BCUT2D eigenvalue weighted by Gasteiger charge is -2.16. The maximum Gasteiger partial charge on any atom is 0.416 e. The minimum absolute atomic E-state index is 0. The van der Waals surface area contributed by atoms with Crippen molar-refractivity contribution in [2.24, 2.45) is 5.92 Å². The second-order valence-corrected chi connectivity index (χ2v) is 4.33. The van der Waals surface area contributed by atoms with Gasteiger partial charge in [-0.25, -0.2) is 0 Å². The van der Waals surface area contributed by atoms with Crippen LogP contribution in [0.1, 0.15) is 17.0 Å². The van der Waals surface area contributed by atoms with Crippen molar-refractivity contribution >= 4 is 18.4 Å². The van der Waals surface area contributed by atoms with Crippen LogP contribution in [0.5, 0.6) is 0 Å². The molecule has 0 aliphatic carbocycles. The molecule has 19 heavy (non-hydrogen) atoms. The zero-order valence-corrected chi connectivity index (χ0v) is 10.6. The molecular weight excluding hydrogens is 283 g/mol. The topological polar surface area (TPSA) is 49.3 Å². The Hall–Kier alpha value is -1.27. The molecule has 1 aliphatic rings. The predicted octanol–water partition coefficient (Wildman–Crippen LogP) is 2.51. The third kappa shape index (κ3) is 3.39. The highest BCUT2D eigenvalue weighted by Gasteiger charge is 2.36. The standard InChI is InChI=1S/C12H12F3NO2.ClH/c13-12(14,15)8-3-1-2-7(4-8)9-5-16-6-10(9)11(17)18;/h1-4,9-10,16H,5-6H2,(H,17,18);1H/t9-,10+;/m1./s1. The van der Waals surface area contributed by atoms with E-state index in [1.807, 2.05) is 0 Å². The van der Waals surface area contributed by atoms with Crippen molar-refractivity contribution in [2.75, 3.05) is 13.1 Å². The summed E-state index contributed by atoms with van der Waals surface area (Å²) < 4.78 is 37.7. The molecule has 1 saturated heterocycles. The molecule has 2 atom stereocenters. The van der Waals surface area contributed by atoms with Crippen molar-refractivity contribution in [3.8, 4) is 0 Å². The number of carboxylic acid groups (broad SMARTS) is 1. The number of hydrogen-bond acceptors (Lipinski definition) is 2. The first-order valence-electron chi connectivity index (χ1n) is 5.50. The van der Waals surface area contributed by atoms with Crippen LogP contribution >= 0.6 is 12.4 Å². The first-order valence-corrected chi connectivity index (χ1v) is 5.50. The van der Waals surface area contributed by atoms with Gasteiger partial charge >= 0.3 is 12.1 Å². The van der Waals surface area contributed by atoms with Crippen LogP contribution in [0.15, 0.2) is 24.3 Å². The molecule has 0 saturated carbocycles. The van der Waals surface area contributed by atoms with E-state index < -0.39 is 29.5 Å². The summed E-state index contributed by atoms with van der Waals surface area (Å²) in [5, 5.41) is 11.9. The first-order chi connectivity index (χ1) is 8.39. The Morgan fingerprint density at radius 1 is 1.32 bits per heavy atom. The number of rotatable bonds is 2. The molecule has 0 radical (unpaired) electrons. The van der Waals surface area contributed by atoms with E-state index in [4.69, 9.17) is 5.11 Å². The van der Waals surface area contributed by atoms with Crippen molar-refractivity contribution < 1.29 is 23.1 Å². The monoisotopic (exact) mass is 295 g/mol. The maximum absolute atomic E-state index is 12.6. The van der Waals surface area contributed by atoms with Gasteiger partial charge in [0, 0.05) is 19.0 Å². The van der Waals surface area contributed by atoms with Gasteiger partial charge in [0.15, 0.2) is 0 Å². The minimum Gasteiger partial charge on any atom is -0.481 e. The van der Waals surface area contributed by atoms with Gasteiger partial charge in [0.05, 0.1) is 11.5 Å². The SMILES string of the molecule is Cl.O=C(O)[C@H]1CNC[C@@H]1c1cccc(C(F)(F)F)c1. The number of carbonyl (C=O) groups is 1. The fraction of sp³-hybridized carbons (Fsp3) is 0.417. The summed E-state index contributed by atoms with van der Waals surface area (Å²) >= 11 is 0. The molecule has 1 fully saturated rings. The number of aliphatic carboxylic acids is 1. The third-order valence-electron chi connectivity index (χ3n) is 3.17. The van der Waals surface area contributed by atoms with Crippen LogP contribution in [0, 0.1) is 5.92 Å². The Labute approximate surface area is 114 Å². The summed E-state index contributed by atoms with van der Waals surface area (Å²) in [5.74, 6) is -2.07. The van der Waals surface area contributed by atoms with Gasteiger partial charge in [-0.1, -0.05) is 18.2 Å². The molecule has 0 aromatic heterocycles. The molecule has 1 aromatic rings. The van der Waals surface area contributed by atoms with Crippen LogP contribution in [0.4, 0.5) is 13.2 Å². The van der Waals surface area contributed by atoms with Crippen LogP contribution in [-0.2, 0) is 11.0 Å². The number of nitrogens with one attached hydrogen (secondary N) is 1. The summed E-state index contributed by atoms with van der Waals surface area (Å²) in [4.78, 5) is 11.0. The average Bonchev–Trinajstić information content (AvgIpc) is 2.77. The predicted molar refractivity (Wildman–Crippen MR) is 65.4 cm³/mol. The Kier molecular flexibility index (Phi) is 4.81. The molecule has 1 heterocycles. The lowest BCUT2D eigenvalue weighted by atomic mass is 9.88. The maximum atomic E-state index is 12.6. The van der Waals surface area contributed by atoms with Gasteiger partial charge in [-0.3, -0.25) is 4.79 Å². The van der Waals surface area contributed by atoms with Crippen LogP contribution in [0.3, 0.4) is 0 Å². The van der Waals surface area contributed by atoms with Crippen molar-refractivity contribution in [2.45, 2.75) is 12.1 Å². The van der Waals surface area contributed by atoms with E-state index in [0.29, 0.717) is 12.1 Å². The molecule has 0 spiro atoms. The van der Waals surface area contributed by atoms with Gasteiger partial charge in [-0.15, -0.1) is 12.4 Å². The fourth-order valence-electron chi connectivity index (χ4n) is 2.23. The molecule has 3 nitrogen and oxygen atoms in total. The van der Waals surface area contributed by atoms with E-state index in [2.05, 4.69) is 5.32 Å². The average molecular weight is 296 g/mol. The quantitative estimate of drug-likeness (QED) is 0.881. The molecular formula is C12H13ClF3NO2. The Morgan fingerprint density at radius 3 is 2.58 bits per heavy atom. The zero-order valence-electron chi connectivity index (χ0n) is 9.78. The number of hydrogen-bond donors (Lipinski definition) is 2. The summed E-state index contributed by atoms with van der Waals surface area (Å²) in [6, 6.07) is 4.88. The van der Waals surface area contributed by atoms with Crippen LogP contribution in [-0.4, -0.2) is 24.2 Å². The van der Waals surface area contributed by atoms with Gasteiger partial charge in [0.25, 0.3) is 0 Å². The van der Waals surface area contributed by atoms with Crippen molar-refractivity contribution in [1.29, 1.82) is 0 Å². The lowest BCUT2D eigenvalue weighted by Crippen LogP contribution is -2.21. The van der Waals surface area contributed by atoms with Gasteiger partial charge < -0.3 is 10.4 Å². The van der Waals surface area contributed by atoms with E-state index in [1.54, 1.807) is 6.07 Å². The molecule has 106 valence electrons. The highest BCUT2D eigenvalue weighted by Crippen LogP contribution is 2.34. The van der Waals surface area contributed by atoms with Gasteiger partial charge in [-0.05, 0) is 11.6 Å². The van der Waals surface area contributed by atoms with E-state index in [9.17, 15) is 18.0 Å². The number of alkyl halides is 3. The largest absolute Gasteiger partial charge is 0.481 e. The van der Waals surface area contributed by atoms with E-state index >= 15 is 0 Å². The highest BCUT2D eigenvalue weighted by atomic mass is 35.5. The second kappa shape index (κ2) is 5.79. The third-order valence-corrected chi connectivity index (χ3v) is 3.17. The number of carboxylic acids is 1. The van der Waals surface area contributed by atoms with Crippen LogP contribution < -0.4 is 5.32 Å². The van der Waals surface area contributed by atoms with Gasteiger partial charge in [-0.2, -0.15) is 13.2 Å².